The molecular formula is C23H21N7O. The summed E-state index contributed by atoms with van der Waals surface area (Å²) in [7, 11) is 0. The van der Waals surface area contributed by atoms with Gasteiger partial charge in [0, 0.05) is 36.7 Å². The average Bonchev–Trinajstić information content (AvgIpc) is 3.73. The summed E-state index contributed by atoms with van der Waals surface area (Å²) in [5.74, 6) is 1.57. The minimum atomic E-state index is -0.306. The number of pyridine rings is 2. The van der Waals surface area contributed by atoms with Gasteiger partial charge in [-0.3, -0.25) is 9.78 Å². The molecule has 31 heavy (non-hydrogen) atoms. The van der Waals surface area contributed by atoms with E-state index in [0.29, 0.717) is 23.5 Å². The second kappa shape index (κ2) is 7.16. The van der Waals surface area contributed by atoms with Gasteiger partial charge in [0.2, 0.25) is 0 Å². The number of anilines is 1. The van der Waals surface area contributed by atoms with Gasteiger partial charge in [0.05, 0.1) is 17.7 Å². The number of hydrogen-bond acceptors (Lipinski definition) is 5. The van der Waals surface area contributed by atoms with Gasteiger partial charge >= 0.3 is 0 Å². The van der Waals surface area contributed by atoms with Crippen molar-refractivity contribution in [2.24, 2.45) is 0 Å². The Kier molecular flexibility index (Phi) is 4.15. The molecule has 1 amide bonds. The lowest BCUT2D eigenvalue weighted by Crippen LogP contribution is -2.15. The predicted octanol–water partition coefficient (Wildman–Crippen LogP) is 3.99. The third-order valence-electron chi connectivity index (χ3n) is 5.70. The summed E-state index contributed by atoms with van der Waals surface area (Å²) in [4.78, 5) is 30.6. The van der Waals surface area contributed by atoms with Gasteiger partial charge in [0.1, 0.15) is 17.2 Å². The van der Waals surface area contributed by atoms with E-state index in [2.05, 4.69) is 29.8 Å². The van der Waals surface area contributed by atoms with E-state index in [1.807, 2.05) is 35.2 Å². The molecule has 4 aromatic heterocycles. The van der Waals surface area contributed by atoms with E-state index in [1.54, 1.807) is 30.9 Å². The lowest BCUT2D eigenvalue weighted by molar-refractivity contribution is 0.102. The maximum Gasteiger partial charge on any atom is 0.275 e. The molecular weight excluding hydrogens is 390 g/mol. The summed E-state index contributed by atoms with van der Waals surface area (Å²) in [6, 6.07) is 9.69. The lowest BCUT2D eigenvalue weighted by Gasteiger charge is -2.09. The molecule has 0 radical (unpaired) electrons. The van der Waals surface area contributed by atoms with Crippen molar-refractivity contribution in [3.8, 4) is 17.2 Å². The van der Waals surface area contributed by atoms with Crippen molar-refractivity contribution in [1.29, 1.82) is 0 Å². The second-order valence-corrected chi connectivity index (χ2v) is 8.13. The second-order valence-electron chi connectivity index (χ2n) is 8.13. The quantitative estimate of drug-likeness (QED) is 0.518. The molecule has 2 saturated carbocycles. The van der Waals surface area contributed by atoms with Crippen molar-refractivity contribution >= 4 is 11.7 Å². The lowest BCUT2D eigenvalue weighted by atomic mass is 10.3. The topological polar surface area (TPSA) is 90.5 Å². The summed E-state index contributed by atoms with van der Waals surface area (Å²) in [5, 5.41) is 2.86. The summed E-state index contributed by atoms with van der Waals surface area (Å²) < 4.78 is 4.09. The summed E-state index contributed by atoms with van der Waals surface area (Å²) in [5.41, 5.74) is 3.02. The molecule has 4 heterocycles. The Bertz CT molecular complexity index is 1270. The van der Waals surface area contributed by atoms with Crippen LogP contribution in [0.2, 0.25) is 0 Å². The third-order valence-corrected chi connectivity index (χ3v) is 5.70. The van der Waals surface area contributed by atoms with Crippen LogP contribution < -0.4 is 5.32 Å². The Balaban J connectivity index is 1.22. The van der Waals surface area contributed by atoms with Crippen molar-refractivity contribution in [1.82, 2.24) is 29.1 Å². The first-order valence-corrected chi connectivity index (χ1v) is 10.6. The average molecular weight is 411 g/mol. The number of nitrogens with zero attached hydrogens (tertiary/aromatic N) is 6. The van der Waals surface area contributed by atoms with Crippen LogP contribution in [0.3, 0.4) is 0 Å². The van der Waals surface area contributed by atoms with Crippen molar-refractivity contribution < 1.29 is 4.79 Å². The fourth-order valence-corrected chi connectivity index (χ4v) is 3.74. The number of hydrogen-bond donors (Lipinski definition) is 1. The highest BCUT2D eigenvalue weighted by atomic mass is 16.1. The normalized spacial score (nSPS) is 15.7. The zero-order valence-corrected chi connectivity index (χ0v) is 16.8. The molecule has 154 valence electrons. The number of imidazole rings is 2. The molecule has 8 nitrogen and oxygen atoms in total. The van der Waals surface area contributed by atoms with Crippen LogP contribution in [-0.2, 0) is 0 Å². The molecule has 0 unspecified atom stereocenters. The molecule has 1 N–H and O–H groups in total. The van der Waals surface area contributed by atoms with E-state index in [4.69, 9.17) is 0 Å². The van der Waals surface area contributed by atoms with Crippen molar-refractivity contribution in [3.05, 3.63) is 72.8 Å². The van der Waals surface area contributed by atoms with Crippen LogP contribution >= 0.6 is 0 Å². The molecule has 2 fully saturated rings. The summed E-state index contributed by atoms with van der Waals surface area (Å²) >= 11 is 0. The first kappa shape index (κ1) is 18.0. The molecule has 0 aliphatic heterocycles. The smallest absolute Gasteiger partial charge is 0.275 e. The number of amides is 1. The fourth-order valence-electron chi connectivity index (χ4n) is 3.74. The van der Waals surface area contributed by atoms with E-state index >= 15 is 0 Å². The largest absolute Gasteiger partial charge is 0.327 e. The Labute approximate surface area is 179 Å². The molecule has 0 saturated heterocycles. The molecule has 0 atom stereocenters. The van der Waals surface area contributed by atoms with Crippen LogP contribution in [0.1, 0.15) is 53.8 Å². The monoisotopic (exact) mass is 411 g/mol. The van der Waals surface area contributed by atoms with Crippen molar-refractivity contribution in [2.45, 2.75) is 37.6 Å². The fraction of sp³-hybridized carbons (Fsp3) is 0.261. The van der Waals surface area contributed by atoms with Gasteiger partial charge in [-0.1, -0.05) is 6.07 Å². The Morgan fingerprint density at radius 1 is 1.03 bits per heavy atom. The Hall–Kier alpha value is -3.81. The highest BCUT2D eigenvalue weighted by Gasteiger charge is 2.27. The van der Waals surface area contributed by atoms with Crippen molar-refractivity contribution in [3.63, 3.8) is 0 Å². The van der Waals surface area contributed by atoms with E-state index in [1.165, 1.54) is 25.7 Å². The van der Waals surface area contributed by atoms with Crippen LogP contribution in [0.4, 0.5) is 5.82 Å². The summed E-state index contributed by atoms with van der Waals surface area (Å²) in [6.07, 6.45) is 14.0. The first-order chi connectivity index (χ1) is 15.2. The number of rotatable bonds is 6. The van der Waals surface area contributed by atoms with Gasteiger partial charge in [0.15, 0.2) is 5.82 Å². The van der Waals surface area contributed by atoms with Gasteiger partial charge in [-0.15, -0.1) is 0 Å². The molecule has 6 rings (SSSR count). The Morgan fingerprint density at radius 2 is 1.94 bits per heavy atom. The van der Waals surface area contributed by atoms with Gasteiger partial charge in [0.25, 0.3) is 5.91 Å². The minimum Gasteiger partial charge on any atom is -0.327 e. The standard InChI is InChI=1S/C23H21N7O/c31-23(19-12-17(8-9-24-19)29-13-20(26-14-29)15-4-5-15)28-21-3-1-2-18(27-21)22-25-10-11-30(22)16-6-7-16/h1-3,8-16H,4-7H2,(H,27,28,31). The van der Waals surface area contributed by atoms with E-state index < -0.39 is 0 Å². The van der Waals surface area contributed by atoms with E-state index in [0.717, 1.165) is 22.9 Å². The molecule has 2 aliphatic carbocycles. The van der Waals surface area contributed by atoms with Gasteiger partial charge < -0.3 is 14.5 Å². The van der Waals surface area contributed by atoms with E-state index in [9.17, 15) is 4.79 Å². The number of aromatic nitrogens is 6. The van der Waals surface area contributed by atoms with Gasteiger partial charge in [-0.05, 0) is 49.9 Å². The molecule has 0 aromatic carbocycles. The van der Waals surface area contributed by atoms with Gasteiger partial charge in [-0.25, -0.2) is 15.0 Å². The maximum absolute atomic E-state index is 12.8. The maximum atomic E-state index is 12.8. The number of carbonyl (C=O) groups excluding carboxylic acids is 1. The predicted molar refractivity (Wildman–Crippen MR) is 115 cm³/mol. The third kappa shape index (κ3) is 3.61. The molecule has 0 bridgehead atoms. The van der Waals surface area contributed by atoms with Crippen LogP contribution in [-0.4, -0.2) is 35.0 Å². The van der Waals surface area contributed by atoms with Crippen molar-refractivity contribution in [2.75, 3.05) is 5.32 Å². The Morgan fingerprint density at radius 3 is 2.77 bits per heavy atom. The van der Waals surface area contributed by atoms with Crippen LogP contribution in [0, 0.1) is 0 Å². The zero-order chi connectivity index (χ0) is 20.8. The van der Waals surface area contributed by atoms with Crippen LogP contribution in [0.15, 0.2) is 61.4 Å². The van der Waals surface area contributed by atoms with Gasteiger partial charge in [-0.2, -0.15) is 0 Å². The molecule has 8 heteroatoms. The molecule has 4 aromatic rings. The zero-order valence-electron chi connectivity index (χ0n) is 16.8. The SMILES string of the molecule is O=C(Nc1cccc(-c2nccn2C2CC2)n1)c1cc(-n2cnc(C3CC3)c2)ccn1. The summed E-state index contributed by atoms with van der Waals surface area (Å²) in [6.45, 7) is 0. The highest BCUT2D eigenvalue weighted by Crippen LogP contribution is 2.39. The number of carbonyl (C=O) groups is 1. The molecule has 2 aliphatic rings. The highest BCUT2D eigenvalue weighted by molar-refractivity contribution is 6.02. The molecule has 0 spiro atoms. The van der Waals surface area contributed by atoms with E-state index in [-0.39, 0.29) is 5.91 Å². The minimum absolute atomic E-state index is 0.306. The van der Waals surface area contributed by atoms with Crippen LogP contribution in [0.25, 0.3) is 17.2 Å². The first-order valence-electron chi connectivity index (χ1n) is 10.6. The van der Waals surface area contributed by atoms with Crippen LogP contribution in [0.5, 0.6) is 0 Å². The number of nitrogens with one attached hydrogen (secondary N) is 1.